The van der Waals surface area contributed by atoms with Crippen LogP contribution in [0, 0.1) is 0 Å². The number of hydrogen-bond donors (Lipinski definition) is 2. The van der Waals surface area contributed by atoms with Gasteiger partial charge in [-0.15, -0.1) is 11.8 Å². The van der Waals surface area contributed by atoms with E-state index in [4.69, 9.17) is 0 Å². The molecule has 62 valence electrons. The lowest BCUT2D eigenvalue weighted by atomic mass is 10.3. The van der Waals surface area contributed by atoms with Crippen molar-refractivity contribution < 1.29 is 0 Å². The zero-order valence-electron chi connectivity index (χ0n) is 6.55. The van der Waals surface area contributed by atoms with Crippen LogP contribution < -0.4 is 5.69 Å². The second-order valence-electron chi connectivity index (χ2n) is 2.46. The summed E-state index contributed by atoms with van der Waals surface area (Å²) in [5, 5.41) is 0. The molecule has 0 spiro atoms. The van der Waals surface area contributed by atoms with Crippen LogP contribution >= 0.6 is 11.8 Å². The van der Waals surface area contributed by atoms with E-state index in [1.54, 1.807) is 11.8 Å². The molecular formula is C8H8N2OS. The third kappa shape index (κ3) is 1.04. The molecule has 3 nitrogen and oxygen atoms in total. The Balaban J connectivity index is 2.87. The molecule has 0 radical (unpaired) electrons. The average molecular weight is 180 g/mol. The summed E-state index contributed by atoms with van der Waals surface area (Å²) < 4.78 is 0. The number of H-pyrrole nitrogens is 2. The number of fused-ring (bicyclic) bond motifs is 1. The molecule has 0 amide bonds. The molecule has 0 saturated heterocycles. The fourth-order valence-corrected chi connectivity index (χ4v) is 1.78. The van der Waals surface area contributed by atoms with Gasteiger partial charge in [-0.05, 0) is 18.4 Å². The van der Waals surface area contributed by atoms with Crippen molar-refractivity contribution in [2.45, 2.75) is 4.90 Å². The molecule has 1 aromatic carbocycles. The van der Waals surface area contributed by atoms with Crippen molar-refractivity contribution in [3.8, 4) is 0 Å². The quantitative estimate of drug-likeness (QED) is 0.654. The Morgan fingerprint density at radius 3 is 2.92 bits per heavy atom. The third-order valence-electron chi connectivity index (χ3n) is 1.73. The van der Waals surface area contributed by atoms with Crippen LogP contribution in [0.2, 0.25) is 0 Å². The maximum Gasteiger partial charge on any atom is 0.323 e. The molecule has 2 N–H and O–H groups in total. The van der Waals surface area contributed by atoms with E-state index in [9.17, 15) is 4.79 Å². The number of para-hydroxylation sites is 1. The van der Waals surface area contributed by atoms with E-state index in [-0.39, 0.29) is 5.69 Å². The predicted octanol–water partition coefficient (Wildman–Crippen LogP) is 1.58. The summed E-state index contributed by atoms with van der Waals surface area (Å²) in [6, 6.07) is 5.79. The van der Waals surface area contributed by atoms with Gasteiger partial charge in [0.15, 0.2) is 0 Å². The molecule has 0 aliphatic rings. The van der Waals surface area contributed by atoms with Gasteiger partial charge in [-0.1, -0.05) is 6.07 Å². The Morgan fingerprint density at radius 2 is 2.17 bits per heavy atom. The molecule has 0 saturated carbocycles. The van der Waals surface area contributed by atoms with Crippen molar-refractivity contribution in [3.05, 3.63) is 28.7 Å². The van der Waals surface area contributed by atoms with Crippen LogP contribution in [0.1, 0.15) is 0 Å². The first-order chi connectivity index (χ1) is 5.81. The lowest BCUT2D eigenvalue weighted by Gasteiger charge is -1.95. The summed E-state index contributed by atoms with van der Waals surface area (Å²) in [6.45, 7) is 0. The van der Waals surface area contributed by atoms with E-state index < -0.39 is 0 Å². The zero-order chi connectivity index (χ0) is 8.55. The largest absolute Gasteiger partial charge is 0.323 e. The number of thioether (sulfide) groups is 1. The first-order valence-electron chi connectivity index (χ1n) is 3.56. The summed E-state index contributed by atoms with van der Waals surface area (Å²) in [7, 11) is 0. The molecule has 2 aromatic rings. The first-order valence-corrected chi connectivity index (χ1v) is 4.79. The second-order valence-corrected chi connectivity index (χ2v) is 3.31. The summed E-state index contributed by atoms with van der Waals surface area (Å²) >= 11 is 1.62. The Labute approximate surface area is 73.2 Å². The Morgan fingerprint density at radius 1 is 1.33 bits per heavy atom. The number of aromatic nitrogens is 2. The van der Waals surface area contributed by atoms with Crippen LogP contribution in [-0.2, 0) is 0 Å². The van der Waals surface area contributed by atoms with Gasteiger partial charge in [-0.25, -0.2) is 4.79 Å². The molecule has 12 heavy (non-hydrogen) atoms. The average Bonchev–Trinajstić information content (AvgIpc) is 2.44. The van der Waals surface area contributed by atoms with Crippen LogP contribution in [-0.4, -0.2) is 16.2 Å². The fourth-order valence-electron chi connectivity index (χ4n) is 1.20. The van der Waals surface area contributed by atoms with E-state index >= 15 is 0 Å². The maximum absolute atomic E-state index is 10.9. The van der Waals surface area contributed by atoms with Crippen molar-refractivity contribution in [2.24, 2.45) is 0 Å². The molecule has 1 heterocycles. The van der Waals surface area contributed by atoms with Gasteiger partial charge in [-0.3, -0.25) is 0 Å². The Kier molecular flexibility index (Phi) is 1.69. The van der Waals surface area contributed by atoms with Gasteiger partial charge in [-0.2, -0.15) is 0 Å². The van der Waals surface area contributed by atoms with E-state index in [2.05, 4.69) is 9.97 Å². The highest BCUT2D eigenvalue weighted by Gasteiger charge is 2.01. The lowest BCUT2D eigenvalue weighted by Crippen LogP contribution is -1.99. The molecule has 0 bridgehead atoms. The molecular weight excluding hydrogens is 172 g/mol. The smallest absolute Gasteiger partial charge is 0.306 e. The number of benzene rings is 1. The summed E-state index contributed by atoms with van der Waals surface area (Å²) in [5.74, 6) is 0. The Hall–Kier alpha value is -1.16. The van der Waals surface area contributed by atoms with Crippen molar-refractivity contribution >= 4 is 22.8 Å². The van der Waals surface area contributed by atoms with E-state index in [0.29, 0.717) is 0 Å². The van der Waals surface area contributed by atoms with Gasteiger partial charge < -0.3 is 9.97 Å². The highest BCUT2D eigenvalue weighted by Crippen LogP contribution is 2.21. The maximum atomic E-state index is 10.9. The normalized spacial score (nSPS) is 10.8. The van der Waals surface area contributed by atoms with Crippen LogP contribution in [0.15, 0.2) is 27.9 Å². The topological polar surface area (TPSA) is 48.6 Å². The van der Waals surface area contributed by atoms with Gasteiger partial charge in [0.1, 0.15) is 0 Å². The monoisotopic (exact) mass is 180 g/mol. The molecule has 1 aromatic heterocycles. The molecule has 4 heteroatoms. The van der Waals surface area contributed by atoms with E-state index in [1.165, 1.54) is 0 Å². The molecule has 0 atom stereocenters. The van der Waals surface area contributed by atoms with Gasteiger partial charge in [0.2, 0.25) is 0 Å². The minimum absolute atomic E-state index is 0.147. The standard InChI is InChI=1S/C8H8N2OS/c1-12-6-4-2-3-5-7(6)10-8(11)9-5/h2-4H,1H3,(H2,9,10,11). The molecule has 0 unspecified atom stereocenters. The first kappa shape index (κ1) is 7.49. The zero-order valence-corrected chi connectivity index (χ0v) is 7.37. The van der Waals surface area contributed by atoms with Crippen molar-refractivity contribution in [3.63, 3.8) is 0 Å². The number of nitrogens with one attached hydrogen (secondary N) is 2. The Bertz CT molecular complexity index is 457. The fraction of sp³-hybridized carbons (Fsp3) is 0.125. The minimum Gasteiger partial charge on any atom is -0.306 e. The highest BCUT2D eigenvalue weighted by atomic mass is 32.2. The van der Waals surface area contributed by atoms with Gasteiger partial charge >= 0.3 is 5.69 Å². The molecule has 2 rings (SSSR count). The number of aromatic amines is 2. The summed E-state index contributed by atoms with van der Waals surface area (Å²) in [4.78, 5) is 17.5. The number of imidazole rings is 1. The highest BCUT2D eigenvalue weighted by molar-refractivity contribution is 7.98. The van der Waals surface area contributed by atoms with Crippen LogP contribution in [0.4, 0.5) is 0 Å². The molecule has 0 aliphatic heterocycles. The molecule has 0 aliphatic carbocycles. The predicted molar refractivity (Wildman–Crippen MR) is 50.7 cm³/mol. The third-order valence-corrected chi connectivity index (χ3v) is 2.51. The molecule has 0 fully saturated rings. The summed E-state index contributed by atoms with van der Waals surface area (Å²) in [5.41, 5.74) is 1.62. The number of hydrogen-bond acceptors (Lipinski definition) is 2. The SMILES string of the molecule is CSc1cccc2[nH]c(=O)[nH]c12. The minimum atomic E-state index is -0.147. The number of rotatable bonds is 1. The van der Waals surface area contributed by atoms with Gasteiger partial charge in [0.05, 0.1) is 11.0 Å². The van der Waals surface area contributed by atoms with Gasteiger partial charge in [0, 0.05) is 4.90 Å². The lowest BCUT2D eigenvalue weighted by molar-refractivity contribution is 1.21. The summed E-state index contributed by atoms with van der Waals surface area (Å²) in [6.07, 6.45) is 1.99. The van der Waals surface area contributed by atoms with Crippen LogP contribution in [0.3, 0.4) is 0 Å². The van der Waals surface area contributed by atoms with Gasteiger partial charge in [0.25, 0.3) is 0 Å². The van der Waals surface area contributed by atoms with Crippen molar-refractivity contribution in [1.82, 2.24) is 9.97 Å². The van der Waals surface area contributed by atoms with E-state index in [0.717, 1.165) is 15.9 Å². The second kappa shape index (κ2) is 2.71. The van der Waals surface area contributed by atoms with Crippen molar-refractivity contribution in [1.29, 1.82) is 0 Å². The van der Waals surface area contributed by atoms with Crippen molar-refractivity contribution in [2.75, 3.05) is 6.26 Å². The van der Waals surface area contributed by atoms with Crippen LogP contribution in [0.25, 0.3) is 11.0 Å². The van der Waals surface area contributed by atoms with Crippen LogP contribution in [0.5, 0.6) is 0 Å². The van der Waals surface area contributed by atoms with E-state index in [1.807, 2.05) is 24.5 Å².